The number of hydrogen-bond acceptors (Lipinski definition) is 1. The van der Waals surface area contributed by atoms with Crippen molar-refractivity contribution in [3.63, 3.8) is 0 Å². The zero-order valence-electron chi connectivity index (χ0n) is 13.9. The van der Waals surface area contributed by atoms with E-state index in [0.29, 0.717) is 6.04 Å². The summed E-state index contributed by atoms with van der Waals surface area (Å²) in [6.07, 6.45) is 4.60. The molecule has 130 valence electrons. The lowest BCUT2D eigenvalue weighted by molar-refractivity contribution is -0.682. The minimum absolute atomic E-state index is 0.431. The van der Waals surface area contributed by atoms with Crippen molar-refractivity contribution >= 4 is 29.8 Å². The van der Waals surface area contributed by atoms with Crippen molar-refractivity contribution in [1.82, 2.24) is 0 Å². The summed E-state index contributed by atoms with van der Waals surface area (Å²) in [5, 5.41) is 5.16. The Hall–Kier alpha value is -2.02. The molecule has 0 fully saturated rings. The third-order valence-corrected chi connectivity index (χ3v) is 3.88. The second-order valence-electron chi connectivity index (χ2n) is 5.86. The number of halogens is 4. The van der Waals surface area contributed by atoms with Crippen molar-refractivity contribution in [2.75, 3.05) is 25.5 Å². The van der Waals surface area contributed by atoms with Crippen LogP contribution < -0.4 is 10.2 Å². The molecule has 2 aromatic carbocycles. The van der Waals surface area contributed by atoms with Crippen LogP contribution in [0.2, 0.25) is 0 Å². The quantitative estimate of drug-likeness (QED) is 0.664. The van der Waals surface area contributed by atoms with E-state index in [9.17, 15) is 17.3 Å². The minimum Gasteiger partial charge on any atom is -0.418 e. The molecular formula is C17H21BF4N2. The number of nitrogens with two attached hydrogens (primary N) is 1. The van der Waals surface area contributed by atoms with Crippen LogP contribution in [0.3, 0.4) is 0 Å². The number of benzene rings is 2. The highest BCUT2D eigenvalue weighted by molar-refractivity contribution is 6.50. The first-order chi connectivity index (χ1) is 11.2. The average Bonchev–Trinajstić information content (AvgIpc) is 2.48. The van der Waals surface area contributed by atoms with Gasteiger partial charge in [0.2, 0.25) is 0 Å². The fraction of sp³-hybridized carbons (Fsp3) is 0.294. The van der Waals surface area contributed by atoms with Crippen molar-refractivity contribution in [1.29, 1.82) is 0 Å². The van der Waals surface area contributed by atoms with Gasteiger partial charge in [0.1, 0.15) is 6.04 Å². The molecular weight excluding hydrogens is 319 g/mol. The summed E-state index contributed by atoms with van der Waals surface area (Å²) in [5.74, 6) is 0. The number of anilines is 1. The van der Waals surface area contributed by atoms with E-state index in [0.717, 1.165) is 6.54 Å². The smallest absolute Gasteiger partial charge is 0.418 e. The normalized spacial score (nSPS) is 15.9. The van der Waals surface area contributed by atoms with Gasteiger partial charge in [0, 0.05) is 30.7 Å². The zero-order valence-corrected chi connectivity index (χ0v) is 13.9. The molecule has 0 amide bonds. The molecule has 0 heterocycles. The molecule has 2 aromatic rings. The molecule has 0 saturated heterocycles. The molecule has 0 bridgehead atoms. The minimum atomic E-state index is -6.00. The Kier molecular flexibility index (Phi) is 5.54. The van der Waals surface area contributed by atoms with Gasteiger partial charge in [-0.25, -0.2) is 0 Å². The van der Waals surface area contributed by atoms with Gasteiger partial charge in [-0.05, 0) is 30.0 Å². The lowest BCUT2D eigenvalue weighted by Gasteiger charge is -2.26. The molecule has 1 aliphatic rings. The fourth-order valence-electron chi connectivity index (χ4n) is 3.05. The Balaban J connectivity index is 0.000000368. The molecule has 1 aliphatic carbocycles. The van der Waals surface area contributed by atoms with E-state index in [4.69, 9.17) is 0 Å². The first-order valence-corrected chi connectivity index (χ1v) is 7.84. The molecule has 3 rings (SSSR count). The Bertz CT molecular complexity index is 735. The van der Waals surface area contributed by atoms with Gasteiger partial charge in [0.05, 0.1) is 6.54 Å². The third-order valence-electron chi connectivity index (χ3n) is 3.88. The summed E-state index contributed by atoms with van der Waals surface area (Å²) in [6, 6.07) is 11.5. The van der Waals surface area contributed by atoms with Crippen LogP contribution >= 0.6 is 0 Å². The Morgan fingerprint density at radius 3 is 2.33 bits per heavy atom. The van der Waals surface area contributed by atoms with Gasteiger partial charge in [-0.15, -0.1) is 0 Å². The van der Waals surface area contributed by atoms with E-state index < -0.39 is 7.25 Å². The molecule has 1 unspecified atom stereocenters. The van der Waals surface area contributed by atoms with E-state index in [1.54, 1.807) is 0 Å². The maximum absolute atomic E-state index is 9.75. The molecule has 0 saturated carbocycles. The Labute approximate surface area is 139 Å². The van der Waals surface area contributed by atoms with Gasteiger partial charge >= 0.3 is 7.25 Å². The standard InChI is InChI=1S/C17H20N2.BF4/c1-4-18-14-10-8-12-6-5-7-13-9-11-15(19(2)3)17(14)16(12)13;2-1(3,4)5/h5-11,14,18H,4H2,1-3H3;/q;-1/p+1. The summed E-state index contributed by atoms with van der Waals surface area (Å²) in [7, 11) is -1.75. The largest absolute Gasteiger partial charge is 0.673 e. The maximum atomic E-state index is 9.75. The topological polar surface area (TPSA) is 19.9 Å². The third kappa shape index (κ3) is 4.29. The van der Waals surface area contributed by atoms with E-state index in [2.05, 4.69) is 73.7 Å². The van der Waals surface area contributed by atoms with Crippen LogP contribution in [0.15, 0.2) is 36.4 Å². The van der Waals surface area contributed by atoms with E-state index in [1.165, 1.54) is 27.6 Å². The van der Waals surface area contributed by atoms with Gasteiger partial charge in [0.15, 0.2) is 0 Å². The summed E-state index contributed by atoms with van der Waals surface area (Å²) < 4.78 is 39.0. The zero-order chi connectivity index (χ0) is 17.9. The van der Waals surface area contributed by atoms with Gasteiger partial charge in [-0.1, -0.05) is 30.3 Å². The lowest BCUT2D eigenvalue weighted by atomic mass is 9.88. The van der Waals surface area contributed by atoms with Gasteiger partial charge in [-0.3, -0.25) is 0 Å². The summed E-state index contributed by atoms with van der Waals surface area (Å²) >= 11 is 0. The Morgan fingerprint density at radius 1 is 1.08 bits per heavy atom. The lowest BCUT2D eigenvalue weighted by Crippen LogP contribution is -2.84. The molecule has 24 heavy (non-hydrogen) atoms. The van der Waals surface area contributed by atoms with E-state index >= 15 is 0 Å². The first kappa shape index (κ1) is 18.3. The summed E-state index contributed by atoms with van der Waals surface area (Å²) in [6.45, 7) is 3.31. The molecule has 2 N–H and O–H groups in total. The average molecular weight is 340 g/mol. The van der Waals surface area contributed by atoms with Crippen LogP contribution in [0, 0.1) is 0 Å². The van der Waals surface area contributed by atoms with Gasteiger partial charge < -0.3 is 27.5 Å². The monoisotopic (exact) mass is 340 g/mol. The molecule has 0 spiro atoms. The Morgan fingerprint density at radius 2 is 1.75 bits per heavy atom. The SMILES string of the molecule is CC[NH2+]C1C=Cc2cccc3ccc(N(C)C)c1c23.F[B-](F)(F)F. The first-order valence-electron chi connectivity index (χ1n) is 7.84. The van der Waals surface area contributed by atoms with Crippen molar-refractivity contribution < 1.29 is 22.6 Å². The molecule has 2 nitrogen and oxygen atoms in total. The second kappa shape index (κ2) is 7.26. The predicted molar refractivity (Wildman–Crippen MR) is 92.7 cm³/mol. The number of nitrogens with zero attached hydrogens (tertiary/aromatic N) is 1. The highest BCUT2D eigenvalue weighted by Gasteiger charge is 2.23. The molecule has 0 radical (unpaired) electrons. The number of quaternary nitrogens is 1. The van der Waals surface area contributed by atoms with Crippen LogP contribution in [0.4, 0.5) is 23.0 Å². The van der Waals surface area contributed by atoms with Crippen LogP contribution in [0.1, 0.15) is 24.1 Å². The van der Waals surface area contributed by atoms with Crippen LogP contribution in [-0.4, -0.2) is 27.9 Å². The molecule has 0 aromatic heterocycles. The highest BCUT2D eigenvalue weighted by Crippen LogP contribution is 2.37. The predicted octanol–water partition coefficient (Wildman–Crippen LogP) is 3.86. The van der Waals surface area contributed by atoms with E-state index in [-0.39, 0.29) is 0 Å². The number of hydrogen-bond donors (Lipinski definition) is 1. The fourth-order valence-corrected chi connectivity index (χ4v) is 3.05. The van der Waals surface area contributed by atoms with Crippen LogP contribution in [0.25, 0.3) is 16.8 Å². The van der Waals surface area contributed by atoms with Crippen LogP contribution in [0.5, 0.6) is 0 Å². The van der Waals surface area contributed by atoms with Crippen molar-refractivity contribution in [3.05, 3.63) is 47.5 Å². The summed E-state index contributed by atoms with van der Waals surface area (Å²) in [4.78, 5) is 2.22. The van der Waals surface area contributed by atoms with Crippen LogP contribution in [-0.2, 0) is 0 Å². The second-order valence-corrected chi connectivity index (χ2v) is 5.86. The molecule has 1 atom stereocenters. The van der Waals surface area contributed by atoms with Gasteiger partial charge in [0.25, 0.3) is 0 Å². The molecule has 7 heteroatoms. The summed E-state index contributed by atoms with van der Waals surface area (Å²) in [5.41, 5.74) is 4.14. The van der Waals surface area contributed by atoms with Crippen molar-refractivity contribution in [2.45, 2.75) is 13.0 Å². The van der Waals surface area contributed by atoms with Crippen molar-refractivity contribution in [3.8, 4) is 0 Å². The van der Waals surface area contributed by atoms with Gasteiger partial charge in [-0.2, -0.15) is 0 Å². The van der Waals surface area contributed by atoms with Crippen molar-refractivity contribution in [2.24, 2.45) is 0 Å². The number of likely N-dealkylation sites (N-methyl/N-ethyl adjacent to an activating group) is 1. The maximum Gasteiger partial charge on any atom is 0.673 e. The highest BCUT2D eigenvalue weighted by atomic mass is 19.5. The van der Waals surface area contributed by atoms with E-state index in [1.807, 2.05) is 0 Å². The molecule has 0 aliphatic heterocycles. The number of rotatable bonds is 3.